The number of aliphatic carboxylic acids is 1. The second-order valence-corrected chi connectivity index (χ2v) is 5.80. The number of ether oxygens (including phenoxy) is 5. The third-order valence-corrected chi connectivity index (χ3v) is 4.13. The lowest BCUT2D eigenvalue weighted by atomic mass is 10.0. The molecule has 7 heteroatoms. The molecule has 0 unspecified atom stereocenters. The minimum Gasteiger partial charge on any atom is -0.493 e. The first kappa shape index (κ1) is 18.4. The molecule has 0 amide bonds. The van der Waals surface area contributed by atoms with Gasteiger partial charge >= 0.3 is 5.97 Å². The zero-order chi connectivity index (χ0) is 19.4. The topological polar surface area (TPSA) is 83.5 Å². The Balaban J connectivity index is 1.94. The highest BCUT2D eigenvalue weighted by atomic mass is 16.7. The average molecular weight is 372 g/mol. The lowest BCUT2D eigenvalue weighted by Gasteiger charge is -2.14. The van der Waals surface area contributed by atoms with Gasteiger partial charge in [-0.2, -0.15) is 0 Å². The number of carboxylic acids is 1. The molecule has 7 nitrogen and oxygen atoms in total. The predicted octanol–water partition coefficient (Wildman–Crippen LogP) is 3.15. The Kier molecular flexibility index (Phi) is 5.40. The highest BCUT2D eigenvalue weighted by Crippen LogP contribution is 2.39. The van der Waals surface area contributed by atoms with E-state index in [0.29, 0.717) is 34.3 Å². The number of hydrogen-bond acceptors (Lipinski definition) is 6. The summed E-state index contributed by atoms with van der Waals surface area (Å²) in [6, 6.07) is 8.76. The maximum atomic E-state index is 11.8. The van der Waals surface area contributed by atoms with E-state index < -0.39 is 5.97 Å². The molecular weight excluding hydrogens is 352 g/mol. The van der Waals surface area contributed by atoms with E-state index in [9.17, 15) is 9.90 Å². The van der Waals surface area contributed by atoms with Gasteiger partial charge in [0.05, 0.1) is 21.3 Å². The van der Waals surface area contributed by atoms with Gasteiger partial charge in [0.25, 0.3) is 0 Å². The SMILES string of the molecule is COc1cc(C/C(=C\c2ccc3c(c2)OCO3)C(=O)O)cc(OC)c1OC. The van der Waals surface area contributed by atoms with Crippen molar-refractivity contribution in [1.82, 2.24) is 0 Å². The van der Waals surface area contributed by atoms with E-state index in [4.69, 9.17) is 23.7 Å². The Bertz CT molecular complexity index is 861. The monoisotopic (exact) mass is 372 g/mol. The van der Waals surface area contributed by atoms with Gasteiger partial charge in [0.15, 0.2) is 23.0 Å². The molecule has 0 saturated carbocycles. The summed E-state index contributed by atoms with van der Waals surface area (Å²) in [4.78, 5) is 11.8. The van der Waals surface area contributed by atoms with E-state index >= 15 is 0 Å². The van der Waals surface area contributed by atoms with Gasteiger partial charge in [-0.05, 0) is 41.5 Å². The van der Waals surface area contributed by atoms with Crippen LogP contribution in [0.1, 0.15) is 11.1 Å². The smallest absolute Gasteiger partial charge is 0.331 e. The Morgan fingerprint density at radius 1 is 1.04 bits per heavy atom. The molecular formula is C20H20O7. The predicted molar refractivity (Wildman–Crippen MR) is 98.0 cm³/mol. The van der Waals surface area contributed by atoms with Crippen molar-refractivity contribution in [2.45, 2.75) is 6.42 Å². The fraction of sp³-hybridized carbons (Fsp3) is 0.250. The molecule has 1 aliphatic rings. The number of fused-ring (bicyclic) bond motifs is 1. The van der Waals surface area contributed by atoms with Crippen molar-refractivity contribution in [3.05, 3.63) is 47.0 Å². The largest absolute Gasteiger partial charge is 0.493 e. The molecule has 0 fully saturated rings. The Labute approximate surface area is 156 Å². The molecule has 0 aliphatic carbocycles. The Hall–Kier alpha value is -3.35. The molecule has 0 atom stereocenters. The van der Waals surface area contributed by atoms with Gasteiger partial charge in [0.1, 0.15) is 0 Å². The van der Waals surface area contributed by atoms with Gasteiger partial charge in [-0.1, -0.05) is 6.07 Å². The minimum atomic E-state index is -1.01. The van der Waals surface area contributed by atoms with Gasteiger partial charge in [0.2, 0.25) is 12.5 Å². The molecule has 27 heavy (non-hydrogen) atoms. The number of benzene rings is 2. The maximum Gasteiger partial charge on any atom is 0.331 e. The van der Waals surface area contributed by atoms with E-state index in [2.05, 4.69) is 0 Å². The zero-order valence-electron chi connectivity index (χ0n) is 15.3. The Morgan fingerprint density at radius 3 is 2.30 bits per heavy atom. The van der Waals surface area contributed by atoms with Crippen LogP contribution in [0.2, 0.25) is 0 Å². The fourth-order valence-electron chi connectivity index (χ4n) is 2.85. The van der Waals surface area contributed by atoms with E-state index in [1.54, 1.807) is 36.4 Å². The summed E-state index contributed by atoms with van der Waals surface area (Å²) in [5.41, 5.74) is 1.64. The minimum absolute atomic E-state index is 0.166. The van der Waals surface area contributed by atoms with Gasteiger partial charge in [0, 0.05) is 12.0 Å². The van der Waals surface area contributed by atoms with Crippen molar-refractivity contribution in [1.29, 1.82) is 0 Å². The lowest BCUT2D eigenvalue weighted by molar-refractivity contribution is -0.132. The summed E-state index contributed by atoms with van der Waals surface area (Å²) < 4.78 is 26.6. The van der Waals surface area contributed by atoms with Crippen molar-refractivity contribution in [3.63, 3.8) is 0 Å². The highest BCUT2D eigenvalue weighted by molar-refractivity contribution is 5.92. The average Bonchev–Trinajstić information content (AvgIpc) is 3.14. The molecule has 1 heterocycles. The van der Waals surface area contributed by atoms with E-state index in [1.807, 2.05) is 0 Å². The first-order valence-electron chi connectivity index (χ1n) is 8.18. The third kappa shape index (κ3) is 3.92. The number of methoxy groups -OCH3 is 3. The number of carboxylic acid groups (broad SMARTS) is 1. The van der Waals surface area contributed by atoms with Gasteiger partial charge < -0.3 is 28.8 Å². The van der Waals surface area contributed by atoms with Crippen LogP contribution >= 0.6 is 0 Å². The summed E-state index contributed by atoms with van der Waals surface area (Å²) in [6.07, 6.45) is 1.79. The van der Waals surface area contributed by atoms with Crippen LogP contribution in [0.4, 0.5) is 0 Å². The molecule has 0 aromatic heterocycles. The summed E-state index contributed by atoms with van der Waals surface area (Å²) in [5.74, 6) is 1.64. The molecule has 1 N–H and O–H groups in total. The van der Waals surface area contributed by atoms with Gasteiger partial charge in [-0.25, -0.2) is 4.79 Å². The quantitative estimate of drug-likeness (QED) is 0.748. The molecule has 0 saturated heterocycles. The van der Waals surface area contributed by atoms with Gasteiger partial charge in [-0.15, -0.1) is 0 Å². The molecule has 2 aromatic carbocycles. The van der Waals surface area contributed by atoms with Crippen molar-refractivity contribution >= 4 is 12.0 Å². The summed E-state index contributed by atoms with van der Waals surface area (Å²) in [7, 11) is 4.55. The zero-order valence-corrected chi connectivity index (χ0v) is 15.3. The van der Waals surface area contributed by atoms with Crippen molar-refractivity contribution < 1.29 is 33.6 Å². The number of hydrogen-bond donors (Lipinski definition) is 1. The van der Waals surface area contributed by atoms with Crippen LogP contribution in [-0.2, 0) is 11.2 Å². The van der Waals surface area contributed by atoms with Crippen molar-refractivity contribution in [3.8, 4) is 28.7 Å². The molecule has 0 bridgehead atoms. The molecule has 0 spiro atoms. The molecule has 1 aliphatic heterocycles. The van der Waals surface area contributed by atoms with Crippen LogP contribution in [0.15, 0.2) is 35.9 Å². The van der Waals surface area contributed by atoms with Crippen LogP contribution in [-0.4, -0.2) is 39.2 Å². The second-order valence-electron chi connectivity index (χ2n) is 5.80. The highest BCUT2D eigenvalue weighted by Gasteiger charge is 2.17. The maximum absolute atomic E-state index is 11.8. The van der Waals surface area contributed by atoms with Crippen LogP contribution in [0.3, 0.4) is 0 Å². The normalized spacial score (nSPS) is 12.6. The molecule has 0 radical (unpaired) electrons. The third-order valence-electron chi connectivity index (χ3n) is 4.13. The van der Waals surface area contributed by atoms with E-state index in [-0.39, 0.29) is 18.8 Å². The fourth-order valence-corrected chi connectivity index (χ4v) is 2.85. The van der Waals surface area contributed by atoms with Crippen molar-refractivity contribution in [2.75, 3.05) is 28.1 Å². The van der Waals surface area contributed by atoms with Gasteiger partial charge in [-0.3, -0.25) is 0 Å². The van der Waals surface area contributed by atoms with Crippen LogP contribution in [0.5, 0.6) is 28.7 Å². The first-order valence-corrected chi connectivity index (χ1v) is 8.18. The lowest BCUT2D eigenvalue weighted by Crippen LogP contribution is -2.05. The van der Waals surface area contributed by atoms with Crippen LogP contribution in [0, 0.1) is 0 Å². The summed E-state index contributed by atoms with van der Waals surface area (Å²) in [6.45, 7) is 0.166. The standard InChI is InChI=1S/C20H20O7/c1-23-17-9-13(10-18(24-2)19(17)25-3)7-14(20(21)22)6-12-4-5-15-16(8-12)27-11-26-15/h4-6,8-10H,7,11H2,1-3H3,(H,21,22)/b14-6+. The van der Waals surface area contributed by atoms with E-state index in [0.717, 1.165) is 5.56 Å². The van der Waals surface area contributed by atoms with Crippen LogP contribution < -0.4 is 23.7 Å². The van der Waals surface area contributed by atoms with E-state index in [1.165, 1.54) is 21.3 Å². The summed E-state index contributed by atoms with van der Waals surface area (Å²) >= 11 is 0. The van der Waals surface area contributed by atoms with Crippen molar-refractivity contribution in [2.24, 2.45) is 0 Å². The Morgan fingerprint density at radius 2 is 1.70 bits per heavy atom. The molecule has 3 rings (SSSR count). The number of rotatable bonds is 7. The molecule has 142 valence electrons. The first-order chi connectivity index (χ1) is 13.0. The second kappa shape index (κ2) is 7.90. The van der Waals surface area contributed by atoms with Crippen LogP contribution in [0.25, 0.3) is 6.08 Å². The molecule has 2 aromatic rings. The number of carbonyl (C=O) groups is 1. The summed E-state index contributed by atoms with van der Waals surface area (Å²) in [5, 5.41) is 9.63.